The molecule has 0 aliphatic carbocycles. The fourth-order valence-corrected chi connectivity index (χ4v) is 2.39. The van der Waals surface area contributed by atoms with Crippen LogP contribution in [0.3, 0.4) is 0 Å². The second-order valence-corrected chi connectivity index (χ2v) is 5.32. The fraction of sp³-hybridized carbons (Fsp3) is 0.647. The van der Waals surface area contributed by atoms with E-state index in [4.69, 9.17) is 14.2 Å². The molecule has 1 N–H and O–H groups in total. The lowest BCUT2D eigenvalue weighted by molar-refractivity contribution is 0.0166. The van der Waals surface area contributed by atoms with Crippen LogP contribution >= 0.6 is 0 Å². The Balaban J connectivity index is 1.47. The van der Waals surface area contributed by atoms with Gasteiger partial charge in [0.2, 0.25) is 0 Å². The van der Waals surface area contributed by atoms with Crippen molar-refractivity contribution in [2.45, 2.75) is 38.8 Å². The molecule has 1 aromatic rings. The zero-order chi connectivity index (χ0) is 14.8. The summed E-state index contributed by atoms with van der Waals surface area (Å²) in [6, 6.07) is 8.24. The summed E-state index contributed by atoms with van der Waals surface area (Å²) >= 11 is 0. The summed E-state index contributed by atoms with van der Waals surface area (Å²) in [5, 5.41) is 3.43. The lowest BCUT2D eigenvalue weighted by Gasteiger charge is -2.10. The molecule has 2 rings (SSSR count). The number of ether oxygens (including phenoxy) is 3. The molecule has 1 saturated heterocycles. The Hall–Kier alpha value is -1.10. The lowest BCUT2D eigenvalue weighted by Crippen LogP contribution is -2.18. The Kier molecular flexibility index (Phi) is 7.57. The van der Waals surface area contributed by atoms with E-state index in [0.717, 1.165) is 51.5 Å². The molecule has 118 valence electrons. The van der Waals surface area contributed by atoms with Crippen LogP contribution in [0.4, 0.5) is 0 Å². The molecule has 1 aliphatic rings. The minimum atomic E-state index is 0.335. The summed E-state index contributed by atoms with van der Waals surface area (Å²) in [6.45, 7) is 7.02. The highest BCUT2D eigenvalue weighted by atomic mass is 16.5. The fourth-order valence-electron chi connectivity index (χ4n) is 2.39. The quantitative estimate of drug-likeness (QED) is 0.673. The van der Waals surface area contributed by atoms with Crippen LogP contribution in [0.5, 0.6) is 5.75 Å². The van der Waals surface area contributed by atoms with Gasteiger partial charge in [0, 0.05) is 19.8 Å². The maximum absolute atomic E-state index is 5.63. The SMILES string of the molecule is CCOc1ccc(CNCCCOCC2CCCO2)cc1. The Morgan fingerprint density at radius 2 is 2.14 bits per heavy atom. The van der Waals surface area contributed by atoms with Gasteiger partial charge < -0.3 is 19.5 Å². The van der Waals surface area contributed by atoms with Crippen molar-refractivity contribution < 1.29 is 14.2 Å². The maximum atomic E-state index is 5.63. The standard InChI is InChI=1S/C17H27NO3/c1-2-20-16-8-6-15(7-9-16)13-18-10-4-11-19-14-17-5-3-12-21-17/h6-9,17-18H,2-5,10-14H2,1H3. The minimum absolute atomic E-state index is 0.335. The van der Waals surface area contributed by atoms with E-state index in [2.05, 4.69) is 17.4 Å². The van der Waals surface area contributed by atoms with E-state index in [1.165, 1.54) is 12.0 Å². The van der Waals surface area contributed by atoms with Crippen molar-refractivity contribution in [1.82, 2.24) is 5.32 Å². The molecular formula is C17H27NO3. The van der Waals surface area contributed by atoms with Gasteiger partial charge in [0.15, 0.2) is 0 Å². The van der Waals surface area contributed by atoms with Crippen molar-refractivity contribution in [3.63, 3.8) is 0 Å². The van der Waals surface area contributed by atoms with Crippen LogP contribution in [0.25, 0.3) is 0 Å². The van der Waals surface area contributed by atoms with Crippen LogP contribution in [0.1, 0.15) is 31.7 Å². The predicted molar refractivity (Wildman–Crippen MR) is 83.7 cm³/mol. The third-order valence-electron chi connectivity index (χ3n) is 3.53. The first kappa shape index (κ1) is 16.3. The Labute approximate surface area is 127 Å². The summed E-state index contributed by atoms with van der Waals surface area (Å²) in [7, 11) is 0. The highest BCUT2D eigenvalue weighted by molar-refractivity contribution is 5.27. The number of hydrogen-bond acceptors (Lipinski definition) is 4. The van der Waals surface area contributed by atoms with Crippen LogP contribution in [0.15, 0.2) is 24.3 Å². The van der Waals surface area contributed by atoms with Gasteiger partial charge >= 0.3 is 0 Å². The minimum Gasteiger partial charge on any atom is -0.494 e. The first-order valence-electron chi connectivity index (χ1n) is 8.00. The smallest absolute Gasteiger partial charge is 0.119 e. The van der Waals surface area contributed by atoms with E-state index in [1.807, 2.05) is 19.1 Å². The molecule has 1 atom stereocenters. The normalized spacial score (nSPS) is 18.0. The Bertz CT molecular complexity index is 374. The summed E-state index contributed by atoms with van der Waals surface area (Å²) < 4.78 is 16.6. The first-order chi connectivity index (χ1) is 10.4. The van der Waals surface area contributed by atoms with Crippen molar-refractivity contribution >= 4 is 0 Å². The van der Waals surface area contributed by atoms with Crippen LogP contribution in [-0.4, -0.2) is 39.1 Å². The van der Waals surface area contributed by atoms with Crippen molar-refractivity contribution in [2.75, 3.05) is 33.0 Å². The van der Waals surface area contributed by atoms with E-state index in [0.29, 0.717) is 12.7 Å². The van der Waals surface area contributed by atoms with Gasteiger partial charge in [0.1, 0.15) is 5.75 Å². The topological polar surface area (TPSA) is 39.7 Å². The summed E-state index contributed by atoms with van der Waals surface area (Å²) in [4.78, 5) is 0. The second-order valence-electron chi connectivity index (χ2n) is 5.32. The van der Waals surface area contributed by atoms with E-state index in [1.54, 1.807) is 0 Å². The Morgan fingerprint density at radius 3 is 2.86 bits per heavy atom. The van der Waals surface area contributed by atoms with E-state index in [-0.39, 0.29) is 0 Å². The molecule has 0 amide bonds. The van der Waals surface area contributed by atoms with Gasteiger partial charge in [-0.15, -0.1) is 0 Å². The molecule has 21 heavy (non-hydrogen) atoms. The van der Waals surface area contributed by atoms with Crippen LogP contribution < -0.4 is 10.1 Å². The monoisotopic (exact) mass is 293 g/mol. The molecule has 1 aromatic carbocycles. The van der Waals surface area contributed by atoms with Crippen molar-refractivity contribution in [3.8, 4) is 5.75 Å². The summed E-state index contributed by atoms with van der Waals surface area (Å²) in [5.74, 6) is 0.934. The number of rotatable bonds is 10. The van der Waals surface area contributed by atoms with Crippen molar-refractivity contribution in [1.29, 1.82) is 0 Å². The average Bonchev–Trinajstić information content (AvgIpc) is 3.01. The van der Waals surface area contributed by atoms with E-state index < -0.39 is 0 Å². The molecule has 4 nitrogen and oxygen atoms in total. The number of nitrogens with one attached hydrogen (secondary N) is 1. The molecule has 1 heterocycles. The van der Waals surface area contributed by atoms with Gasteiger partial charge in [-0.2, -0.15) is 0 Å². The molecular weight excluding hydrogens is 266 g/mol. The molecule has 1 aliphatic heterocycles. The van der Waals surface area contributed by atoms with Crippen LogP contribution in [-0.2, 0) is 16.0 Å². The third-order valence-corrected chi connectivity index (χ3v) is 3.53. The molecule has 0 aromatic heterocycles. The van der Waals surface area contributed by atoms with E-state index in [9.17, 15) is 0 Å². The summed E-state index contributed by atoms with van der Waals surface area (Å²) in [5.41, 5.74) is 1.28. The lowest BCUT2D eigenvalue weighted by atomic mass is 10.2. The number of hydrogen-bond donors (Lipinski definition) is 1. The van der Waals surface area contributed by atoms with Gasteiger partial charge in [-0.3, -0.25) is 0 Å². The number of benzene rings is 1. The van der Waals surface area contributed by atoms with Gasteiger partial charge in [0.25, 0.3) is 0 Å². The molecule has 4 heteroatoms. The third kappa shape index (κ3) is 6.46. The molecule has 0 bridgehead atoms. The highest BCUT2D eigenvalue weighted by Gasteiger charge is 2.14. The molecule has 0 spiro atoms. The Morgan fingerprint density at radius 1 is 1.29 bits per heavy atom. The maximum Gasteiger partial charge on any atom is 0.119 e. The van der Waals surface area contributed by atoms with E-state index >= 15 is 0 Å². The second kappa shape index (κ2) is 9.77. The van der Waals surface area contributed by atoms with Gasteiger partial charge in [-0.1, -0.05) is 12.1 Å². The largest absolute Gasteiger partial charge is 0.494 e. The van der Waals surface area contributed by atoms with Gasteiger partial charge in [-0.25, -0.2) is 0 Å². The first-order valence-corrected chi connectivity index (χ1v) is 8.00. The van der Waals surface area contributed by atoms with Crippen molar-refractivity contribution in [2.24, 2.45) is 0 Å². The average molecular weight is 293 g/mol. The van der Waals surface area contributed by atoms with Crippen LogP contribution in [0.2, 0.25) is 0 Å². The molecule has 1 unspecified atom stereocenters. The van der Waals surface area contributed by atoms with Crippen LogP contribution in [0, 0.1) is 0 Å². The predicted octanol–water partition coefficient (Wildman–Crippen LogP) is 2.76. The summed E-state index contributed by atoms with van der Waals surface area (Å²) in [6.07, 6.45) is 3.69. The molecule has 0 saturated carbocycles. The molecule has 1 fully saturated rings. The van der Waals surface area contributed by atoms with Gasteiger partial charge in [0.05, 0.1) is 19.3 Å². The zero-order valence-electron chi connectivity index (χ0n) is 13.0. The van der Waals surface area contributed by atoms with Crippen molar-refractivity contribution in [3.05, 3.63) is 29.8 Å². The highest BCUT2D eigenvalue weighted by Crippen LogP contribution is 2.12. The van der Waals surface area contributed by atoms with Gasteiger partial charge in [-0.05, 0) is 50.4 Å². The zero-order valence-corrected chi connectivity index (χ0v) is 13.0. The molecule has 0 radical (unpaired) electrons.